The van der Waals surface area contributed by atoms with Crippen molar-refractivity contribution in [2.24, 2.45) is 5.10 Å². The second-order valence-electron chi connectivity index (χ2n) is 7.07. The van der Waals surface area contributed by atoms with E-state index in [4.69, 9.17) is 14.7 Å². The Morgan fingerprint density at radius 3 is 2.35 bits per heavy atom. The van der Waals surface area contributed by atoms with Gasteiger partial charge in [-0.1, -0.05) is 42.5 Å². The Morgan fingerprint density at radius 2 is 1.71 bits per heavy atom. The summed E-state index contributed by atoms with van der Waals surface area (Å²) < 4.78 is 10.9. The van der Waals surface area contributed by atoms with Crippen molar-refractivity contribution in [1.82, 2.24) is 5.01 Å². The van der Waals surface area contributed by atoms with Crippen molar-refractivity contribution in [3.05, 3.63) is 95.6 Å². The molecule has 1 aliphatic heterocycles. The number of amides is 1. The quantitative estimate of drug-likeness (QED) is 0.605. The van der Waals surface area contributed by atoms with E-state index in [0.29, 0.717) is 17.7 Å². The molecule has 1 heterocycles. The summed E-state index contributed by atoms with van der Waals surface area (Å²) in [5.74, 6) is 1.05. The maximum atomic E-state index is 13.0. The number of carbonyl (C=O) groups is 1. The van der Waals surface area contributed by atoms with Crippen LogP contribution < -0.4 is 9.47 Å². The highest BCUT2D eigenvalue weighted by Crippen LogP contribution is 2.33. The predicted octanol–water partition coefficient (Wildman–Crippen LogP) is 4.32. The standard InChI is InChI=1S/C25H21N3O3/c1-30-21-13-9-20(10-14-21)24-15-23(19-5-3-2-4-6-19)27-28(24)25(29)17-31-22-11-7-18(16-26)8-12-22/h2-14,24H,15,17H2,1H3/t24-/m0/s1. The zero-order valence-electron chi connectivity index (χ0n) is 17.1. The van der Waals surface area contributed by atoms with Gasteiger partial charge in [0.05, 0.1) is 30.5 Å². The van der Waals surface area contributed by atoms with Gasteiger partial charge in [0.15, 0.2) is 6.61 Å². The Bertz CT molecular complexity index is 1120. The molecule has 0 radical (unpaired) electrons. The highest BCUT2D eigenvalue weighted by molar-refractivity contribution is 6.03. The molecule has 0 bridgehead atoms. The van der Waals surface area contributed by atoms with Gasteiger partial charge in [0.25, 0.3) is 5.91 Å². The van der Waals surface area contributed by atoms with Gasteiger partial charge < -0.3 is 9.47 Å². The average molecular weight is 411 g/mol. The van der Waals surface area contributed by atoms with E-state index in [9.17, 15) is 4.79 Å². The molecule has 0 aromatic heterocycles. The summed E-state index contributed by atoms with van der Waals surface area (Å²) in [6.07, 6.45) is 0.610. The van der Waals surface area contributed by atoms with Crippen molar-refractivity contribution < 1.29 is 14.3 Å². The molecule has 3 aromatic rings. The third-order valence-corrected chi connectivity index (χ3v) is 5.12. The van der Waals surface area contributed by atoms with Gasteiger partial charge in [0.1, 0.15) is 11.5 Å². The van der Waals surface area contributed by atoms with E-state index < -0.39 is 0 Å². The monoisotopic (exact) mass is 411 g/mol. The highest BCUT2D eigenvalue weighted by atomic mass is 16.5. The van der Waals surface area contributed by atoms with Gasteiger partial charge in [0, 0.05) is 6.42 Å². The van der Waals surface area contributed by atoms with Gasteiger partial charge in [-0.2, -0.15) is 10.4 Å². The SMILES string of the molecule is COc1ccc([C@@H]2CC(c3ccccc3)=NN2C(=O)COc2ccc(C#N)cc2)cc1. The van der Waals surface area contributed by atoms with E-state index in [2.05, 4.69) is 11.2 Å². The molecule has 1 amide bonds. The van der Waals surface area contributed by atoms with Crippen molar-refractivity contribution in [3.8, 4) is 17.6 Å². The van der Waals surface area contributed by atoms with Gasteiger partial charge in [-0.3, -0.25) is 4.79 Å². The largest absolute Gasteiger partial charge is 0.497 e. The van der Waals surface area contributed by atoms with E-state index in [-0.39, 0.29) is 18.6 Å². The first kappa shape index (κ1) is 20.2. The second kappa shape index (κ2) is 9.14. The molecule has 0 fully saturated rings. The second-order valence-corrected chi connectivity index (χ2v) is 7.07. The first-order valence-corrected chi connectivity index (χ1v) is 9.90. The first-order chi connectivity index (χ1) is 15.2. The van der Waals surface area contributed by atoms with Crippen molar-refractivity contribution in [2.75, 3.05) is 13.7 Å². The number of hydrazone groups is 1. The number of benzene rings is 3. The molecule has 6 nitrogen and oxygen atoms in total. The van der Waals surface area contributed by atoms with Crippen LogP contribution >= 0.6 is 0 Å². The molecule has 0 saturated carbocycles. The number of hydrogen-bond donors (Lipinski definition) is 0. The van der Waals surface area contributed by atoms with Gasteiger partial charge in [-0.25, -0.2) is 5.01 Å². The normalized spacial score (nSPS) is 15.2. The zero-order valence-corrected chi connectivity index (χ0v) is 17.1. The van der Waals surface area contributed by atoms with Crippen molar-refractivity contribution in [2.45, 2.75) is 12.5 Å². The lowest BCUT2D eigenvalue weighted by atomic mass is 9.98. The molecule has 31 heavy (non-hydrogen) atoms. The molecule has 4 rings (SSSR count). The molecular weight excluding hydrogens is 390 g/mol. The summed E-state index contributed by atoms with van der Waals surface area (Å²) in [6, 6.07) is 26.0. The predicted molar refractivity (Wildman–Crippen MR) is 117 cm³/mol. The summed E-state index contributed by atoms with van der Waals surface area (Å²) in [7, 11) is 1.62. The number of rotatable bonds is 6. The number of hydrogen-bond acceptors (Lipinski definition) is 5. The summed E-state index contributed by atoms with van der Waals surface area (Å²) in [6.45, 7) is -0.149. The Labute approximate surface area is 181 Å². The maximum absolute atomic E-state index is 13.0. The maximum Gasteiger partial charge on any atom is 0.281 e. The number of nitriles is 1. The Morgan fingerprint density at radius 1 is 1.03 bits per heavy atom. The summed E-state index contributed by atoms with van der Waals surface area (Å²) in [4.78, 5) is 13.0. The molecule has 0 N–H and O–H groups in total. The molecule has 0 unspecified atom stereocenters. The fraction of sp³-hybridized carbons (Fsp3) is 0.160. The smallest absolute Gasteiger partial charge is 0.281 e. The van der Waals surface area contributed by atoms with Crippen LogP contribution in [0.1, 0.15) is 29.2 Å². The molecule has 154 valence electrons. The third kappa shape index (κ3) is 4.57. The number of carbonyl (C=O) groups excluding carboxylic acids is 1. The van der Waals surface area contributed by atoms with Gasteiger partial charge >= 0.3 is 0 Å². The third-order valence-electron chi connectivity index (χ3n) is 5.12. The highest BCUT2D eigenvalue weighted by Gasteiger charge is 2.33. The minimum atomic E-state index is -0.240. The molecule has 0 aliphatic carbocycles. The van der Waals surface area contributed by atoms with Crippen LogP contribution in [0.3, 0.4) is 0 Å². The van der Waals surface area contributed by atoms with Crippen molar-refractivity contribution >= 4 is 11.6 Å². The van der Waals surface area contributed by atoms with Crippen LogP contribution in [0.25, 0.3) is 0 Å². The molecule has 0 saturated heterocycles. The molecule has 6 heteroatoms. The lowest BCUT2D eigenvalue weighted by Crippen LogP contribution is -2.31. The van der Waals surface area contributed by atoms with Crippen LogP contribution in [-0.2, 0) is 4.79 Å². The first-order valence-electron chi connectivity index (χ1n) is 9.90. The van der Waals surface area contributed by atoms with Crippen LogP contribution in [-0.4, -0.2) is 30.3 Å². The lowest BCUT2D eigenvalue weighted by molar-refractivity contribution is -0.135. The van der Waals surface area contributed by atoms with Crippen LogP contribution in [0.15, 0.2) is 84.0 Å². The van der Waals surface area contributed by atoms with Crippen LogP contribution in [0.2, 0.25) is 0 Å². The number of nitrogens with zero attached hydrogens (tertiary/aromatic N) is 3. The van der Waals surface area contributed by atoms with E-state index >= 15 is 0 Å². The van der Waals surface area contributed by atoms with Gasteiger partial charge in [0.2, 0.25) is 0 Å². The number of ether oxygens (including phenoxy) is 2. The Hall–Kier alpha value is -4.11. The lowest BCUT2D eigenvalue weighted by Gasteiger charge is -2.22. The van der Waals surface area contributed by atoms with Gasteiger partial charge in [-0.15, -0.1) is 0 Å². The van der Waals surface area contributed by atoms with E-state index in [1.165, 1.54) is 5.01 Å². The fourth-order valence-corrected chi connectivity index (χ4v) is 3.47. The van der Waals surface area contributed by atoms with Crippen molar-refractivity contribution in [3.63, 3.8) is 0 Å². The summed E-state index contributed by atoms with van der Waals surface area (Å²) in [5, 5.41) is 15.1. The van der Waals surface area contributed by atoms with E-state index in [1.807, 2.05) is 54.6 Å². The molecule has 1 atom stereocenters. The zero-order chi connectivity index (χ0) is 21.6. The molecule has 0 spiro atoms. The van der Waals surface area contributed by atoms with E-state index in [1.54, 1.807) is 31.4 Å². The minimum absolute atomic E-state index is 0.149. The van der Waals surface area contributed by atoms with Gasteiger partial charge in [-0.05, 0) is 47.5 Å². The Balaban J connectivity index is 1.55. The molecule has 3 aromatic carbocycles. The van der Waals surface area contributed by atoms with Crippen LogP contribution in [0.5, 0.6) is 11.5 Å². The average Bonchev–Trinajstić information content (AvgIpc) is 3.29. The Kier molecular flexibility index (Phi) is 5.95. The van der Waals surface area contributed by atoms with Crippen molar-refractivity contribution in [1.29, 1.82) is 5.26 Å². The number of methoxy groups -OCH3 is 1. The summed E-state index contributed by atoms with van der Waals surface area (Å²) in [5.41, 5.74) is 3.36. The molecular formula is C25H21N3O3. The minimum Gasteiger partial charge on any atom is -0.497 e. The van der Waals surface area contributed by atoms with E-state index in [0.717, 1.165) is 22.6 Å². The fourth-order valence-electron chi connectivity index (χ4n) is 3.47. The van der Waals surface area contributed by atoms with Crippen LogP contribution in [0, 0.1) is 11.3 Å². The topological polar surface area (TPSA) is 74.9 Å². The van der Waals surface area contributed by atoms with Crippen LogP contribution in [0.4, 0.5) is 0 Å². The molecule has 1 aliphatic rings. The summed E-state index contributed by atoms with van der Waals surface area (Å²) >= 11 is 0.